The van der Waals surface area contributed by atoms with E-state index in [1.165, 1.54) is 59.9 Å². The molecule has 0 aliphatic carbocycles. The Kier molecular flexibility index (Phi) is 4.33. The molecule has 3 heteroatoms. The van der Waals surface area contributed by atoms with Crippen LogP contribution in [0, 0.1) is 0 Å². The van der Waals surface area contributed by atoms with E-state index in [0.29, 0.717) is 0 Å². The molecule has 0 saturated carbocycles. The van der Waals surface area contributed by atoms with E-state index in [4.69, 9.17) is 0 Å². The first-order chi connectivity index (χ1) is 16.8. The zero-order chi connectivity index (χ0) is 22.6. The zero-order valence-electron chi connectivity index (χ0n) is 18.8. The Morgan fingerprint density at radius 1 is 0.441 bits per heavy atom. The van der Waals surface area contributed by atoms with Gasteiger partial charge in [-0.05, 0) is 66.9 Å². The highest BCUT2D eigenvalue weighted by atomic mass is 32.2. The maximum absolute atomic E-state index is 2.41. The van der Waals surface area contributed by atoms with Crippen molar-refractivity contribution in [2.45, 2.75) is 4.90 Å². The first-order valence-electron chi connectivity index (χ1n) is 11.5. The van der Waals surface area contributed by atoms with E-state index in [-0.39, 0.29) is 0 Å². The van der Waals surface area contributed by atoms with Gasteiger partial charge in [0.15, 0.2) is 0 Å². The summed E-state index contributed by atoms with van der Waals surface area (Å²) in [5.41, 5.74) is 7.32. The van der Waals surface area contributed by atoms with E-state index in [9.17, 15) is 0 Å². The normalized spacial score (nSPS) is 11.8. The second-order valence-electron chi connectivity index (χ2n) is 8.59. The Hall–Kier alpha value is -3.95. The molecule has 7 aromatic rings. The van der Waals surface area contributed by atoms with Gasteiger partial charge in [0.05, 0.1) is 22.1 Å². The minimum absolute atomic E-state index is 1.18. The summed E-state index contributed by atoms with van der Waals surface area (Å²) < 4.78 is 4.80. The van der Waals surface area contributed by atoms with E-state index in [1.807, 2.05) is 0 Å². The van der Waals surface area contributed by atoms with Crippen molar-refractivity contribution in [1.29, 1.82) is 0 Å². The summed E-state index contributed by atoms with van der Waals surface area (Å²) in [7, 11) is 0. The van der Waals surface area contributed by atoms with Crippen molar-refractivity contribution in [3.05, 3.63) is 115 Å². The van der Waals surface area contributed by atoms with Crippen molar-refractivity contribution >= 4 is 55.4 Å². The van der Waals surface area contributed by atoms with Crippen LogP contribution in [0.5, 0.6) is 0 Å². The first-order valence-corrected chi connectivity index (χ1v) is 12.7. The molecule has 0 amide bonds. The molecule has 7 rings (SSSR count). The van der Waals surface area contributed by atoms with E-state index in [0.717, 1.165) is 0 Å². The van der Waals surface area contributed by atoms with Crippen LogP contribution in [0.4, 0.5) is 0 Å². The van der Waals surface area contributed by atoms with Crippen molar-refractivity contribution < 1.29 is 0 Å². The standard InChI is InChI=1S/C31H22N2S/c1-34-23-17-15-22(16-18-23)33-27-14-8-6-12-25(27)31-29(33)20-19-28-30(31)24-11-5-7-13-26(24)32(28)21-9-3-2-4-10-21/h2-20H,1H3. The van der Waals surface area contributed by atoms with Crippen LogP contribution < -0.4 is 0 Å². The number of hydrogen-bond donors (Lipinski definition) is 0. The van der Waals surface area contributed by atoms with Gasteiger partial charge in [-0.3, -0.25) is 0 Å². The molecule has 0 unspecified atom stereocenters. The molecule has 2 aromatic heterocycles. The van der Waals surface area contributed by atoms with Gasteiger partial charge in [0.25, 0.3) is 0 Å². The monoisotopic (exact) mass is 454 g/mol. The van der Waals surface area contributed by atoms with Gasteiger partial charge in [-0.15, -0.1) is 11.8 Å². The fraction of sp³-hybridized carbons (Fsp3) is 0.0323. The van der Waals surface area contributed by atoms with Gasteiger partial charge in [0, 0.05) is 37.8 Å². The molecule has 0 N–H and O–H groups in total. The second-order valence-corrected chi connectivity index (χ2v) is 9.47. The molecule has 2 nitrogen and oxygen atoms in total. The van der Waals surface area contributed by atoms with E-state index >= 15 is 0 Å². The lowest BCUT2D eigenvalue weighted by molar-refractivity contribution is 1.17. The van der Waals surface area contributed by atoms with Gasteiger partial charge >= 0.3 is 0 Å². The Morgan fingerprint density at radius 2 is 0.912 bits per heavy atom. The number of aromatic nitrogens is 2. The summed E-state index contributed by atoms with van der Waals surface area (Å²) in [4.78, 5) is 1.28. The molecular formula is C31H22N2S. The van der Waals surface area contributed by atoms with Crippen molar-refractivity contribution in [3.8, 4) is 11.4 Å². The van der Waals surface area contributed by atoms with Crippen LogP contribution in [0.25, 0.3) is 55.0 Å². The number of fused-ring (bicyclic) bond motifs is 7. The number of nitrogens with zero attached hydrogens (tertiary/aromatic N) is 2. The lowest BCUT2D eigenvalue weighted by Crippen LogP contribution is -1.94. The summed E-state index contributed by atoms with van der Waals surface area (Å²) in [6.45, 7) is 0. The fourth-order valence-corrected chi connectivity index (χ4v) is 5.79. The molecule has 0 saturated heterocycles. The Morgan fingerprint density at radius 3 is 1.44 bits per heavy atom. The average molecular weight is 455 g/mol. The summed E-state index contributed by atoms with van der Waals surface area (Å²) in [5, 5.41) is 5.20. The lowest BCUT2D eigenvalue weighted by atomic mass is 10.1. The summed E-state index contributed by atoms with van der Waals surface area (Å²) in [6.07, 6.45) is 2.12. The Bertz CT molecular complexity index is 1820. The molecular weight excluding hydrogens is 432 g/mol. The predicted octanol–water partition coefficient (Wildman–Crippen LogP) is 8.60. The van der Waals surface area contributed by atoms with Crippen LogP contribution in [-0.4, -0.2) is 15.4 Å². The third kappa shape index (κ3) is 2.71. The van der Waals surface area contributed by atoms with E-state index in [1.54, 1.807) is 11.8 Å². The lowest BCUT2D eigenvalue weighted by Gasteiger charge is -2.09. The summed E-state index contributed by atoms with van der Waals surface area (Å²) in [5.74, 6) is 0. The molecule has 0 radical (unpaired) electrons. The highest BCUT2D eigenvalue weighted by Gasteiger charge is 2.19. The molecule has 0 aliphatic rings. The molecule has 5 aromatic carbocycles. The van der Waals surface area contributed by atoms with Gasteiger partial charge < -0.3 is 9.13 Å². The SMILES string of the molecule is CSc1ccc(-n2c3ccccc3c3c4c5ccccc5n(-c5ccccc5)c4ccc32)cc1. The van der Waals surface area contributed by atoms with Gasteiger partial charge in [0.2, 0.25) is 0 Å². The number of para-hydroxylation sites is 3. The maximum Gasteiger partial charge on any atom is 0.0548 e. The summed E-state index contributed by atoms with van der Waals surface area (Å²) >= 11 is 1.77. The quantitative estimate of drug-likeness (QED) is 0.243. The Balaban J connectivity index is 1.68. The van der Waals surface area contributed by atoms with Gasteiger partial charge in [-0.25, -0.2) is 0 Å². The van der Waals surface area contributed by atoms with Crippen LogP contribution in [0.1, 0.15) is 0 Å². The maximum atomic E-state index is 2.41. The summed E-state index contributed by atoms with van der Waals surface area (Å²) in [6, 6.07) is 41.7. The van der Waals surface area contributed by atoms with Crippen LogP contribution in [-0.2, 0) is 0 Å². The molecule has 162 valence electrons. The van der Waals surface area contributed by atoms with Gasteiger partial charge in [0.1, 0.15) is 0 Å². The molecule has 0 atom stereocenters. The second kappa shape index (κ2) is 7.54. The third-order valence-corrected chi connectivity index (χ3v) is 7.56. The molecule has 0 aliphatic heterocycles. The molecule has 34 heavy (non-hydrogen) atoms. The highest BCUT2D eigenvalue weighted by molar-refractivity contribution is 7.98. The first kappa shape index (κ1) is 19.5. The fourth-order valence-electron chi connectivity index (χ4n) is 5.38. The van der Waals surface area contributed by atoms with Gasteiger partial charge in [-0.1, -0.05) is 54.6 Å². The number of benzene rings is 5. The third-order valence-electron chi connectivity index (χ3n) is 6.82. The highest BCUT2D eigenvalue weighted by Crippen LogP contribution is 2.42. The molecule has 0 fully saturated rings. The van der Waals surface area contributed by atoms with Crippen LogP contribution in [0.15, 0.2) is 120 Å². The largest absolute Gasteiger partial charge is 0.309 e. The van der Waals surface area contributed by atoms with Crippen molar-refractivity contribution in [1.82, 2.24) is 9.13 Å². The van der Waals surface area contributed by atoms with Crippen LogP contribution in [0.2, 0.25) is 0 Å². The minimum Gasteiger partial charge on any atom is -0.309 e. The van der Waals surface area contributed by atoms with Crippen molar-refractivity contribution in [2.75, 3.05) is 6.26 Å². The topological polar surface area (TPSA) is 9.86 Å². The Labute approximate surface area is 202 Å². The van der Waals surface area contributed by atoms with Gasteiger partial charge in [-0.2, -0.15) is 0 Å². The van der Waals surface area contributed by atoms with Crippen LogP contribution in [0.3, 0.4) is 0 Å². The van der Waals surface area contributed by atoms with Crippen molar-refractivity contribution in [2.24, 2.45) is 0 Å². The minimum atomic E-state index is 1.18. The smallest absolute Gasteiger partial charge is 0.0548 e. The molecule has 2 heterocycles. The van der Waals surface area contributed by atoms with Crippen LogP contribution >= 0.6 is 11.8 Å². The predicted molar refractivity (Wildman–Crippen MR) is 147 cm³/mol. The molecule has 0 bridgehead atoms. The molecule has 0 spiro atoms. The average Bonchev–Trinajstić information content (AvgIpc) is 3.42. The number of rotatable bonds is 3. The van der Waals surface area contributed by atoms with E-state index < -0.39 is 0 Å². The zero-order valence-corrected chi connectivity index (χ0v) is 19.6. The number of hydrogen-bond acceptors (Lipinski definition) is 1. The van der Waals surface area contributed by atoms with E-state index in [2.05, 4.69) is 131 Å². The van der Waals surface area contributed by atoms with Crippen molar-refractivity contribution in [3.63, 3.8) is 0 Å². The number of thioether (sulfide) groups is 1.